The molecule has 0 spiro atoms. The Labute approximate surface area is 119 Å². The number of carbonyl (C=O) groups excluding carboxylic acids is 1. The number of likely N-dealkylation sites (tertiary alicyclic amines) is 1. The molecule has 102 valence electrons. The molecular weight excluding hydrogens is 312 g/mol. The minimum Gasteiger partial charge on any atom is -0.481 e. The predicted molar refractivity (Wildman–Crippen MR) is 72.8 cm³/mol. The van der Waals surface area contributed by atoms with Gasteiger partial charge in [0, 0.05) is 29.5 Å². The lowest BCUT2D eigenvalue weighted by Crippen LogP contribution is -2.47. The molecule has 2 rings (SSSR count). The molecule has 1 amide bonds. The number of hydrogen-bond donors (Lipinski definition) is 1. The van der Waals surface area contributed by atoms with Gasteiger partial charge in [-0.1, -0.05) is 0 Å². The average molecular weight is 327 g/mol. The van der Waals surface area contributed by atoms with Crippen LogP contribution in [0.1, 0.15) is 30.1 Å². The molecule has 19 heavy (non-hydrogen) atoms. The van der Waals surface area contributed by atoms with E-state index in [1.165, 1.54) is 0 Å². The third-order valence-electron chi connectivity index (χ3n) is 3.50. The summed E-state index contributed by atoms with van der Waals surface area (Å²) in [6.45, 7) is 2.22. The van der Waals surface area contributed by atoms with Crippen molar-refractivity contribution >= 4 is 27.8 Å². The van der Waals surface area contributed by atoms with Gasteiger partial charge in [0.2, 0.25) is 0 Å². The van der Waals surface area contributed by atoms with Gasteiger partial charge in [-0.05, 0) is 41.8 Å². The quantitative estimate of drug-likeness (QED) is 0.904. The first kappa shape index (κ1) is 14.0. The van der Waals surface area contributed by atoms with Gasteiger partial charge < -0.3 is 10.0 Å². The highest BCUT2D eigenvalue weighted by atomic mass is 79.9. The lowest BCUT2D eigenvalue weighted by atomic mass is 9.93. The van der Waals surface area contributed by atoms with E-state index >= 15 is 0 Å². The number of carbonyl (C=O) groups is 2. The van der Waals surface area contributed by atoms with Gasteiger partial charge in [-0.15, -0.1) is 0 Å². The van der Waals surface area contributed by atoms with Crippen LogP contribution in [-0.2, 0) is 4.79 Å². The van der Waals surface area contributed by atoms with E-state index in [9.17, 15) is 9.59 Å². The number of aliphatic carboxylic acids is 1. The van der Waals surface area contributed by atoms with Crippen LogP contribution in [0.5, 0.6) is 0 Å². The molecule has 2 atom stereocenters. The van der Waals surface area contributed by atoms with Crippen molar-refractivity contribution in [2.45, 2.75) is 25.8 Å². The van der Waals surface area contributed by atoms with Crippen LogP contribution in [0.25, 0.3) is 0 Å². The first-order chi connectivity index (χ1) is 9.00. The van der Waals surface area contributed by atoms with E-state index in [-0.39, 0.29) is 18.5 Å². The Kier molecular flexibility index (Phi) is 4.19. The van der Waals surface area contributed by atoms with Crippen molar-refractivity contribution in [2.75, 3.05) is 6.54 Å². The maximum absolute atomic E-state index is 12.5. The Morgan fingerprint density at radius 3 is 2.84 bits per heavy atom. The van der Waals surface area contributed by atoms with Crippen LogP contribution >= 0.6 is 15.9 Å². The second kappa shape index (κ2) is 5.69. The maximum Gasteiger partial charge on any atom is 0.308 e. The van der Waals surface area contributed by atoms with Gasteiger partial charge in [0.25, 0.3) is 5.91 Å². The lowest BCUT2D eigenvalue weighted by Gasteiger charge is -2.36. The van der Waals surface area contributed by atoms with Crippen molar-refractivity contribution < 1.29 is 14.7 Å². The highest BCUT2D eigenvalue weighted by Gasteiger charge is 2.33. The highest BCUT2D eigenvalue weighted by Crippen LogP contribution is 2.25. The van der Waals surface area contributed by atoms with E-state index in [4.69, 9.17) is 5.11 Å². The van der Waals surface area contributed by atoms with Crippen molar-refractivity contribution in [3.05, 3.63) is 28.5 Å². The summed E-state index contributed by atoms with van der Waals surface area (Å²) in [5.74, 6) is -1.45. The third-order valence-corrected chi connectivity index (χ3v) is 4.13. The average Bonchev–Trinajstić information content (AvgIpc) is 2.38. The van der Waals surface area contributed by atoms with Gasteiger partial charge >= 0.3 is 5.97 Å². The van der Waals surface area contributed by atoms with Crippen LogP contribution in [0.3, 0.4) is 0 Å². The molecule has 0 aromatic carbocycles. The van der Waals surface area contributed by atoms with E-state index in [1.54, 1.807) is 23.4 Å². The number of hydrogen-bond acceptors (Lipinski definition) is 3. The zero-order valence-corrected chi connectivity index (χ0v) is 12.1. The van der Waals surface area contributed by atoms with Crippen LogP contribution in [0.4, 0.5) is 0 Å². The third kappa shape index (κ3) is 2.94. The van der Waals surface area contributed by atoms with Crippen LogP contribution in [0, 0.1) is 5.92 Å². The molecule has 1 aromatic rings. The molecule has 2 heterocycles. The van der Waals surface area contributed by atoms with Crippen molar-refractivity contribution in [1.82, 2.24) is 9.88 Å². The Morgan fingerprint density at radius 2 is 2.21 bits per heavy atom. The summed E-state index contributed by atoms with van der Waals surface area (Å²) >= 11 is 3.30. The molecule has 1 aromatic heterocycles. The largest absolute Gasteiger partial charge is 0.481 e. The van der Waals surface area contributed by atoms with E-state index in [0.717, 1.165) is 0 Å². The van der Waals surface area contributed by atoms with Crippen LogP contribution in [0.15, 0.2) is 22.9 Å². The second-order valence-corrected chi connectivity index (χ2v) is 5.63. The minimum atomic E-state index is -0.835. The summed E-state index contributed by atoms with van der Waals surface area (Å²) in [6.07, 6.45) is 4.46. The molecule has 1 N–H and O–H groups in total. The first-order valence-corrected chi connectivity index (χ1v) is 6.93. The standard InChI is InChI=1S/C13H15BrN2O3/c1-8-2-3-9(13(18)19)7-16(8)12(17)10-4-5-15-6-11(10)14/h4-6,8-9H,2-3,7H2,1H3,(H,18,19). The van der Waals surface area contributed by atoms with Gasteiger partial charge in [0.15, 0.2) is 0 Å². The fourth-order valence-electron chi connectivity index (χ4n) is 2.29. The molecule has 0 radical (unpaired) electrons. The Morgan fingerprint density at radius 1 is 1.47 bits per heavy atom. The topological polar surface area (TPSA) is 70.5 Å². The summed E-state index contributed by atoms with van der Waals surface area (Å²) < 4.78 is 0.629. The number of halogens is 1. The van der Waals surface area contributed by atoms with Gasteiger partial charge in [0.05, 0.1) is 11.5 Å². The van der Waals surface area contributed by atoms with Crippen molar-refractivity contribution in [3.63, 3.8) is 0 Å². The Hall–Kier alpha value is -1.43. The van der Waals surface area contributed by atoms with Gasteiger partial charge in [-0.2, -0.15) is 0 Å². The predicted octanol–water partition coefficient (Wildman–Crippen LogP) is 2.17. The van der Waals surface area contributed by atoms with Crippen molar-refractivity contribution in [2.24, 2.45) is 5.92 Å². The fraction of sp³-hybridized carbons (Fsp3) is 0.462. The van der Waals surface area contributed by atoms with Crippen molar-refractivity contribution in [1.29, 1.82) is 0 Å². The monoisotopic (exact) mass is 326 g/mol. The normalized spacial score (nSPS) is 23.2. The molecule has 1 aliphatic heterocycles. The molecule has 5 nitrogen and oxygen atoms in total. The zero-order valence-electron chi connectivity index (χ0n) is 10.5. The summed E-state index contributed by atoms with van der Waals surface area (Å²) in [7, 11) is 0. The Balaban J connectivity index is 2.22. The number of nitrogens with zero attached hydrogens (tertiary/aromatic N) is 2. The molecule has 0 aliphatic carbocycles. The van der Waals surface area contributed by atoms with Crippen LogP contribution in [0.2, 0.25) is 0 Å². The molecule has 6 heteroatoms. The number of aromatic nitrogens is 1. The highest BCUT2D eigenvalue weighted by molar-refractivity contribution is 9.10. The number of pyridine rings is 1. The maximum atomic E-state index is 12.5. The summed E-state index contributed by atoms with van der Waals surface area (Å²) in [6, 6.07) is 1.70. The molecule has 1 fully saturated rings. The number of carboxylic acids is 1. The van der Waals surface area contributed by atoms with Crippen molar-refractivity contribution in [3.8, 4) is 0 Å². The van der Waals surface area contributed by atoms with Gasteiger partial charge in [-0.3, -0.25) is 14.6 Å². The number of amides is 1. The van der Waals surface area contributed by atoms with Gasteiger partial charge in [0.1, 0.15) is 0 Å². The lowest BCUT2D eigenvalue weighted by molar-refractivity contribution is -0.143. The molecule has 1 aliphatic rings. The minimum absolute atomic E-state index is 0.0585. The fourth-order valence-corrected chi connectivity index (χ4v) is 2.71. The van der Waals surface area contributed by atoms with Crippen LogP contribution in [-0.4, -0.2) is 39.5 Å². The smallest absolute Gasteiger partial charge is 0.308 e. The summed E-state index contributed by atoms with van der Waals surface area (Å²) in [5.41, 5.74) is 0.521. The Bertz CT molecular complexity index is 506. The molecule has 2 unspecified atom stereocenters. The van der Waals surface area contributed by atoms with E-state index < -0.39 is 11.9 Å². The van der Waals surface area contributed by atoms with Gasteiger partial charge in [-0.25, -0.2) is 0 Å². The van der Waals surface area contributed by atoms with E-state index in [0.29, 0.717) is 22.9 Å². The number of piperidine rings is 1. The molecule has 1 saturated heterocycles. The number of rotatable bonds is 2. The van der Waals surface area contributed by atoms with Crippen LogP contribution < -0.4 is 0 Å². The van der Waals surface area contributed by atoms with E-state index in [2.05, 4.69) is 20.9 Å². The second-order valence-electron chi connectivity index (χ2n) is 4.77. The van der Waals surface area contributed by atoms with E-state index in [1.807, 2.05) is 6.92 Å². The SMILES string of the molecule is CC1CCC(C(=O)O)CN1C(=O)c1ccncc1Br. The molecule has 0 bridgehead atoms. The first-order valence-electron chi connectivity index (χ1n) is 6.14. The molecule has 0 saturated carbocycles. The summed E-state index contributed by atoms with van der Waals surface area (Å²) in [5, 5.41) is 9.09. The number of carboxylic acid groups (broad SMARTS) is 1. The molecular formula is C13H15BrN2O3. The zero-order chi connectivity index (χ0) is 14.0. The summed E-state index contributed by atoms with van der Waals surface area (Å²) in [4.78, 5) is 29.1.